The zero-order chi connectivity index (χ0) is 22.3. The number of aryl methyl sites for hydroxylation is 1. The number of hydrogen-bond acceptors (Lipinski definition) is 6. The van der Waals surface area contributed by atoms with Gasteiger partial charge in [-0.1, -0.05) is 36.4 Å². The van der Waals surface area contributed by atoms with Gasteiger partial charge in [0.15, 0.2) is 0 Å². The molecule has 0 spiro atoms. The fraction of sp³-hybridized carbons (Fsp3) is 0.130. The molecule has 0 atom stereocenters. The van der Waals surface area contributed by atoms with Gasteiger partial charge in [-0.3, -0.25) is 0 Å². The van der Waals surface area contributed by atoms with Gasteiger partial charge in [0.2, 0.25) is 0 Å². The van der Waals surface area contributed by atoms with Crippen molar-refractivity contribution in [3.05, 3.63) is 77.4 Å². The van der Waals surface area contributed by atoms with Gasteiger partial charge >= 0.3 is 11.9 Å². The van der Waals surface area contributed by atoms with E-state index in [9.17, 15) is 18.0 Å². The van der Waals surface area contributed by atoms with E-state index in [2.05, 4.69) is 0 Å². The van der Waals surface area contributed by atoms with Crippen LogP contribution >= 0.6 is 0 Å². The maximum atomic E-state index is 13.6. The Balaban J connectivity index is 2.26. The third-order valence-electron chi connectivity index (χ3n) is 5.18. The molecule has 0 aliphatic heterocycles. The van der Waals surface area contributed by atoms with Crippen molar-refractivity contribution in [2.45, 2.75) is 11.8 Å². The van der Waals surface area contributed by atoms with E-state index < -0.39 is 22.0 Å². The first kappa shape index (κ1) is 20.6. The number of fused-ring (bicyclic) bond motifs is 3. The molecule has 158 valence electrons. The van der Waals surface area contributed by atoms with Crippen LogP contribution in [0, 0.1) is 6.92 Å². The number of nitrogens with zero attached hydrogens (tertiary/aromatic N) is 1. The van der Waals surface area contributed by atoms with E-state index in [4.69, 9.17) is 9.47 Å². The predicted octanol–water partition coefficient (Wildman–Crippen LogP) is 3.91. The largest absolute Gasteiger partial charge is 0.465 e. The summed E-state index contributed by atoms with van der Waals surface area (Å²) in [5.74, 6) is -1.46. The van der Waals surface area contributed by atoms with Crippen LogP contribution in [0.1, 0.15) is 26.3 Å². The first-order chi connectivity index (χ1) is 14.8. The van der Waals surface area contributed by atoms with Crippen LogP contribution in [0.2, 0.25) is 0 Å². The van der Waals surface area contributed by atoms with Gasteiger partial charge in [-0.05, 0) is 36.8 Å². The first-order valence-electron chi connectivity index (χ1n) is 9.37. The van der Waals surface area contributed by atoms with E-state index in [1.165, 1.54) is 30.3 Å². The molecule has 0 amide bonds. The van der Waals surface area contributed by atoms with Gasteiger partial charge in [-0.25, -0.2) is 22.0 Å². The number of hydrogen-bond donors (Lipinski definition) is 0. The van der Waals surface area contributed by atoms with Crippen LogP contribution in [0.25, 0.3) is 21.8 Å². The summed E-state index contributed by atoms with van der Waals surface area (Å²) >= 11 is 0. The highest BCUT2D eigenvalue weighted by atomic mass is 32.2. The highest BCUT2D eigenvalue weighted by Crippen LogP contribution is 2.37. The van der Waals surface area contributed by atoms with Crippen molar-refractivity contribution >= 4 is 43.8 Å². The quantitative estimate of drug-likeness (QED) is 0.450. The molecule has 0 aliphatic carbocycles. The van der Waals surface area contributed by atoms with Gasteiger partial charge in [0, 0.05) is 10.8 Å². The van der Waals surface area contributed by atoms with Crippen LogP contribution in [0.4, 0.5) is 0 Å². The SMILES string of the molecule is COC(=O)c1c(C)cc2c(c1C(=O)OC)c1ccccc1n2S(=O)(=O)c1ccccc1. The highest BCUT2D eigenvalue weighted by molar-refractivity contribution is 7.90. The fourth-order valence-electron chi connectivity index (χ4n) is 3.85. The molecule has 4 rings (SSSR count). The third kappa shape index (κ3) is 3.07. The monoisotopic (exact) mass is 437 g/mol. The molecular formula is C23H19NO6S. The number of para-hydroxylation sites is 1. The minimum Gasteiger partial charge on any atom is -0.465 e. The summed E-state index contributed by atoms with van der Waals surface area (Å²) in [6, 6.07) is 16.4. The van der Waals surface area contributed by atoms with Crippen molar-refractivity contribution in [1.29, 1.82) is 0 Å². The van der Waals surface area contributed by atoms with Crippen LogP contribution in [-0.2, 0) is 19.5 Å². The zero-order valence-corrected chi connectivity index (χ0v) is 17.9. The Kier molecular flexibility index (Phi) is 5.02. The lowest BCUT2D eigenvalue weighted by molar-refractivity contribution is 0.0556. The van der Waals surface area contributed by atoms with Crippen LogP contribution in [0.15, 0.2) is 65.6 Å². The number of aromatic nitrogens is 1. The van der Waals surface area contributed by atoms with Gasteiger partial charge in [-0.2, -0.15) is 0 Å². The summed E-state index contributed by atoms with van der Waals surface area (Å²) in [5.41, 5.74) is 1.07. The molecule has 3 aromatic carbocycles. The van der Waals surface area contributed by atoms with Gasteiger partial charge in [0.25, 0.3) is 10.0 Å². The summed E-state index contributed by atoms with van der Waals surface area (Å²) in [6.45, 7) is 1.62. The van der Waals surface area contributed by atoms with E-state index in [-0.39, 0.29) is 21.5 Å². The smallest absolute Gasteiger partial charge is 0.339 e. The number of esters is 2. The molecule has 8 heteroatoms. The average molecular weight is 437 g/mol. The third-order valence-corrected chi connectivity index (χ3v) is 6.92. The van der Waals surface area contributed by atoms with Crippen molar-refractivity contribution in [1.82, 2.24) is 3.97 Å². The van der Waals surface area contributed by atoms with Crippen molar-refractivity contribution in [3.63, 3.8) is 0 Å². The Hall–Kier alpha value is -3.65. The molecular weight excluding hydrogens is 418 g/mol. The standard InChI is InChI=1S/C23H19NO6S/c1-14-13-18-20(21(23(26)30-3)19(14)22(25)29-2)16-11-7-8-12-17(16)24(18)31(27,28)15-9-5-4-6-10-15/h4-13H,1-3H3. The number of rotatable bonds is 4. The Morgan fingerprint density at radius 2 is 1.39 bits per heavy atom. The van der Waals surface area contributed by atoms with E-state index in [0.29, 0.717) is 21.9 Å². The molecule has 0 radical (unpaired) electrons. The Labute approximate surface area is 178 Å². The lowest BCUT2D eigenvalue weighted by Crippen LogP contribution is -2.16. The number of benzene rings is 3. The maximum Gasteiger partial charge on any atom is 0.339 e. The number of carbonyl (C=O) groups is 2. The highest BCUT2D eigenvalue weighted by Gasteiger charge is 2.31. The molecule has 0 N–H and O–H groups in total. The maximum absolute atomic E-state index is 13.6. The normalized spacial score (nSPS) is 11.6. The molecule has 0 saturated carbocycles. The molecule has 0 fully saturated rings. The van der Waals surface area contributed by atoms with E-state index in [1.54, 1.807) is 55.5 Å². The Morgan fingerprint density at radius 3 is 2.03 bits per heavy atom. The Bertz CT molecular complexity index is 1450. The first-order valence-corrected chi connectivity index (χ1v) is 10.8. The minimum atomic E-state index is -4.01. The molecule has 0 unspecified atom stereocenters. The molecule has 0 bridgehead atoms. The van der Waals surface area contributed by atoms with E-state index >= 15 is 0 Å². The van der Waals surface area contributed by atoms with Gasteiger partial charge in [0.05, 0.1) is 41.3 Å². The predicted molar refractivity (Wildman–Crippen MR) is 116 cm³/mol. The molecule has 7 nitrogen and oxygen atoms in total. The molecule has 0 aliphatic rings. The summed E-state index contributed by atoms with van der Waals surface area (Å²) in [5, 5.41) is 0.815. The van der Waals surface area contributed by atoms with Crippen LogP contribution < -0.4 is 0 Å². The molecule has 1 aromatic heterocycles. The van der Waals surface area contributed by atoms with Gasteiger partial charge < -0.3 is 9.47 Å². The van der Waals surface area contributed by atoms with Crippen LogP contribution in [-0.4, -0.2) is 38.5 Å². The number of ether oxygens (including phenoxy) is 2. The molecule has 31 heavy (non-hydrogen) atoms. The second-order valence-electron chi connectivity index (χ2n) is 6.92. The molecule has 1 heterocycles. The van der Waals surface area contributed by atoms with Crippen molar-refractivity contribution in [3.8, 4) is 0 Å². The van der Waals surface area contributed by atoms with E-state index in [0.717, 1.165) is 0 Å². The van der Waals surface area contributed by atoms with Crippen LogP contribution in [0.3, 0.4) is 0 Å². The van der Waals surface area contributed by atoms with Crippen molar-refractivity contribution in [2.75, 3.05) is 14.2 Å². The molecule has 0 saturated heterocycles. The second kappa shape index (κ2) is 7.55. The average Bonchev–Trinajstić information content (AvgIpc) is 3.12. The summed E-state index contributed by atoms with van der Waals surface area (Å²) < 4.78 is 38.3. The van der Waals surface area contributed by atoms with Crippen molar-refractivity contribution < 1.29 is 27.5 Å². The topological polar surface area (TPSA) is 91.7 Å². The molecule has 4 aromatic rings. The lowest BCUT2D eigenvalue weighted by Gasteiger charge is -2.13. The minimum absolute atomic E-state index is 0.0254. The second-order valence-corrected chi connectivity index (χ2v) is 8.71. The van der Waals surface area contributed by atoms with E-state index in [1.807, 2.05) is 0 Å². The van der Waals surface area contributed by atoms with Gasteiger partial charge in [0.1, 0.15) is 0 Å². The number of carbonyl (C=O) groups excluding carboxylic acids is 2. The summed E-state index contributed by atoms with van der Waals surface area (Å²) in [6.07, 6.45) is 0. The summed E-state index contributed by atoms with van der Waals surface area (Å²) in [4.78, 5) is 25.4. The van der Waals surface area contributed by atoms with Crippen LogP contribution in [0.5, 0.6) is 0 Å². The fourth-order valence-corrected chi connectivity index (χ4v) is 5.39. The van der Waals surface area contributed by atoms with Crippen molar-refractivity contribution in [2.24, 2.45) is 0 Å². The Morgan fingerprint density at radius 1 is 0.806 bits per heavy atom. The zero-order valence-electron chi connectivity index (χ0n) is 17.1. The van der Waals surface area contributed by atoms with Gasteiger partial charge in [-0.15, -0.1) is 0 Å². The number of methoxy groups -OCH3 is 2. The lowest BCUT2D eigenvalue weighted by atomic mass is 9.96. The summed E-state index contributed by atoms with van der Waals surface area (Å²) in [7, 11) is -1.58.